The first-order valence-corrected chi connectivity index (χ1v) is 6.77. The fourth-order valence-electron chi connectivity index (χ4n) is 2.66. The normalized spacial score (nSPS) is 14.1. The summed E-state index contributed by atoms with van der Waals surface area (Å²) in [5.74, 6) is -0.195. The molecule has 6 heteroatoms. The minimum atomic E-state index is -0.919. The van der Waals surface area contributed by atoms with Gasteiger partial charge < -0.3 is 10.0 Å². The number of fused-ring (bicyclic) bond motifs is 1. The van der Waals surface area contributed by atoms with E-state index in [2.05, 4.69) is 5.10 Å². The van der Waals surface area contributed by atoms with Crippen LogP contribution >= 0.6 is 0 Å². The fourth-order valence-corrected chi connectivity index (χ4v) is 2.66. The van der Waals surface area contributed by atoms with Crippen molar-refractivity contribution in [2.75, 3.05) is 6.54 Å². The lowest BCUT2D eigenvalue weighted by atomic mass is 10.0. The molecule has 0 radical (unpaired) electrons. The summed E-state index contributed by atoms with van der Waals surface area (Å²) < 4.78 is 15.5. The highest BCUT2D eigenvalue weighted by atomic mass is 19.1. The molecule has 1 N–H and O–H groups in total. The monoisotopic (exact) mass is 289 g/mol. The van der Waals surface area contributed by atoms with Crippen molar-refractivity contribution in [3.63, 3.8) is 0 Å². The van der Waals surface area contributed by atoms with Crippen molar-refractivity contribution < 1.29 is 14.3 Å². The molecule has 110 valence electrons. The van der Waals surface area contributed by atoms with Crippen molar-refractivity contribution in [1.29, 1.82) is 0 Å². The largest absolute Gasteiger partial charge is 0.465 e. The Morgan fingerprint density at radius 2 is 1.90 bits per heavy atom. The van der Waals surface area contributed by atoms with Crippen LogP contribution in [0.1, 0.15) is 16.8 Å². The Balaban J connectivity index is 1.97. The molecule has 21 heavy (non-hydrogen) atoms. The third-order valence-corrected chi connectivity index (χ3v) is 3.80. The zero-order valence-electron chi connectivity index (χ0n) is 11.9. The molecule has 0 saturated heterocycles. The summed E-state index contributed by atoms with van der Waals surface area (Å²) in [7, 11) is 0. The summed E-state index contributed by atoms with van der Waals surface area (Å²) in [5, 5.41) is 13.5. The number of benzene rings is 1. The number of halogens is 1. The molecule has 1 aliphatic heterocycles. The predicted octanol–water partition coefficient (Wildman–Crippen LogP) is 2.80. The summed E-state index contributed by atoms with van der Waals surface area (Å²) in [6.07, 6.45) is -0.919. The summed E-state index contributed by atoms with van der Waals surface area (Å²) >= 11 is 0. The third-order valence-electron chi connectivity index (χ3n) is 3.80. The molecule has 0 saturated carbocycles. The molecule has 0 atom stereocenters. The zero-order valence-corrected chi connectivity index (χ0v) is 11.9. The smallest absolute Gasteiger partial charge is 0.407 e. The third kappa shape index (κ3) is 2.37. The number of amides is 1. The number of carbonyl (C=O) groups is 1. The highest BCUT2D eigenvalue weighted by molar-refractivity contribution is 5.66. The fraction of sp³-hybridized carbons (Fsp3) is 0.333. The van der Waals surface area contributed by atoms with Gasteiger partial charge in [-0.15, -0.1) is 0 Å². The Morgan fingerprint density at radius 1 is 1.24 bits per heavy atom. The van der Waals surface area contributed by atoms with E-state index < -0.39 is 6.09 Å². The average Bonchev–Trinajstić information content (AvgIpc) is 2.86. The Labute approximate surface area is 121 Å². The van der Waals surface area contributed by atoms with E-state index >= 15 is 0 Å². The van der Waals surface area contributed by atoms with Crippen molar-refractivity contribution in [1.82, 2.24) is 14.7 Å². The van der Waals surface area contributed by atoms with Gasteiger partial charge in [-0.25, -0.2) is 9.18 Å². The number of carboxylic acid groups (broad SMARTS) is 1. The molecule has 1 amide bonds. The van der Waals surface area contributed by atoms with Crippen LogP contribution in [0.2, 0.25) is 0 Å². The number of nitrogens with zero attached hydrogens (tertiary/aromatic N) is 3. The predicted molar refractivity (Wildman–Crippen MR) is 75.5 cm³/mol. The second-order valence-corrected chi connectivity index (χ2v) is 5.37. The van der Waals surface area contributed by atoms with Crippen LogP contribution in [0.25, 0.3) is 11.3 Å². The van der Waals surface area contributed by atoms with Crippen molar-refractivity contribution >= 4 is 6.09 Å². The molecule has 3 rings (SSSR count). The van der Waals surface area contributed by atoms with Crippen molar-refractivity contribution in [2.24, 2.45) is 0 Å². The molecular weight excluding hydrogens is 273 g/mol. The molecule has 1 aromatic heterocycles. The summed E-state index contributed by atoms with van der Waals surface area (Å²) in [6, 6.07) is 5.42. The van der Waals surface area contributed by atoms with Crippen molar-refractivity contribution in [3.05, 3.63) is 40.8 Å². The van der Waals surface area contributed by atoms with E-state index in [1.807, 2.05) is 10.7 Å². The molecule has 0 unspecified atom stereocenters. The van der Waals surface area contributed by atoms with Gasteiger partial charge in [0.2, 0.25) is 0 Å². The van der Waals surface area contributed by atoms with Crippen LogP contribution in [0.3, 0.4) is 0 Å². The van der Waals surface area contributed by atoms with Crippen LogP contribution in [0.15, 0.2) is 18.2 Å². The van der Waals surface area contributed by atoms with E-state index in [-0.39, 0.29) is 5.82 Å². The summed E-state index contributed by atoms with van der Waals surface area (Å²) in [5.41, 5.74) is 3.64. The van der Waals surface area contributed by atoms with Gasteiger partial charge >= 0.3 is 6.09 Å². The molecule has 1 aromatic carbocycles. The van der Waals surface area contributed by atoms with Crippen LogP contribution in [0.5, 0.6) is 0 Å². The van der Waals surface area contributed by atoms with E-state index in [0.717, 1.165) is 17.0 Å². The van der Waals surface area contributed by atoms with Crippen LogP contribution < -0.4 is 0 Å². The Bertz CT molecular complexity index is 701. The maximum Gasteiger partial charge on any atom is 0.407 e. The van der Waals surface area contributed by atoms with Crippen LogP contribution in [-0.2, 0) is 13.1 Å². The maximum atomic E-state index is 13.7. The maximum absolute atomic E-state index is 13.7. The van der Waals surface area contributed by atoms with Gasteiger partial charge in [0.05, 0.1) is 24.5 Å². The van der Waals surface area contributed by atoms with E-state index in [1.54, 1.807) is 26.0 Å². The summed E-state index contributed by atoms with van der Waals surface area (Å²) in [4.78, 5) is 12.4. The Kier molecular flexibility index (Phi) is 3.16. The molecular formula is C15H16FN3O2. The Hall–Kier alpha value is -2.37. The highest BCUT2D eigenvalue weighted by Crippen LogP contribution is 2.25. The van der Waals surface area contributed by atoms with Gasteiger partial charge in [0.25, 0.3) is 0 Å². The topological polar surface area (TPSA) is 58.4 Å². The van der Waals surface area contributed by atoms with E-state index in [1.165, 1.54) is 4.90 Å². The SMILES string of the molecule is Cc1cc(-c2cc3n(n2)CCN(C(=O)O)C3)cc(C)c1F. The minimum Gasteiger partial charge on any atom is -0.465 e. The van der Waals surface area contributed by atoms with Crippen LogP contribution in [0.4, 0.5) is 9.18 Å². The van der Waals surface area contributed by atoms with Gasteiger partial charge in [-0.1, -0.05) is 0 Å². The quantitative estimate of drug-likeness (QED) is 0.878. The minimum absolute atomic E-state index is 0.195. The number of hydrogen-bond acceptors (Lipinski definition) is 2. The number of aromatic nitrogens is 2. The lowest BCUT2D eigenvalue weighted by Gasteiger charge is -2.24. The molecule has 0 fully saturated rings. The standard InChI is InChI=1S/C15H16FN3O2/c1-9-5-11(6-10(2)14(9)16)13-7-12-8-18(15(20)21)3-4-19(12)17-13/h5-7H,3-4,8H2,1-2H3,(H,20,21). The molecule has 0 aliphatic carbocycles. The molecule has 0 bridgehead atoms. The van der Waals surface area contributed by atoms with Gasteiger partial charge in [0.1, 0.15) is 5.82 Å². The van der Waals surface area contributed by atoms with Gasteiger partial charge in [-0.05, 0) is 43.2 Å². The molecule has 5 nitrogen and oxygen atoms in total. The van der Waals surface area contributed by atoms with Gasteiger partial charge in [0.15, 0.2) is 0 Å². The molecule has 2 heterocycles. The molecule has 1 aliphatic rings. The second-order valence-electron chi connectivity index (χ2n) is 5.37. The van der Waals surface area contributed by atoms with Gasteiger partial charge in [-0.3, -0.25) is 4.68 Å². The zero-order chi connectivity index (χ0) is 15.1. The molecule has 2 aromatic rings. The van der Waals surface area contributed by atoms with Crippen molar-refractivity contribution in [3.8, 4) is 11.3 Å². The van der Waals surface area contributed by atoms with E-state index in [0.29, 0.717) is 30.8 Å². The lowest BCUT2D eigenvalue weighted by molar-refractivity contribution is 0.131. The average molecular weight is 289 g/mol. The highest BCUT2D eigenvalue weighted by Gasteiger charge is 2.22. The number of aryl methyl sites for hydroxylation is 2. The Morgan fingerprint density at radius 3 is 2.52 bits per heavy atom. The van der Waals surface area contributed by atoms with E-state index in [4.69, 9.17) is 5.11 Å². The lowest BCUT2D eigenvalue weighted by Crippen LogP contribution is -2.37. The molecule has 0 spiro atoms. The van der Waals surface area contributed by atoms with Gasteiger partial charge in [0, 0.05) is 12.1 Å². The summed E-state index contributed by atoms with van der Waals surface area (Å²) in [6.45, 7) is 4.77. The van der Waals surface area contributed by atoms with Crippen LogP contribution in [-0.4, -0.2) is 32.4 Å². The first-order valence-electron chi connectivity index (χ1n) is 6.77. The van der Waals surface area contributed by atoms with Crippen LogP contribution in [0, 0.1) is 19.7 Å². The number of rotatable bonds is 1. The van der Waals surface area contributed by atoms with Crippen molar-refractivity contribution in [2.45, 2.75) is 26.9 Å². The van der Waals surface area contributed by atoms with Gasteiger partial charge in [-0.2, -0.15) is 5.10 Å². The van der Waals surface area contributed by atoms with E-state index in [9.17, 15) is 9.18 Å². The number of hydrogen-bond donors (Lipinski definition) is 1. The first-order chi connectivity index (χ1) is 9.95. The second kappa shape index (κ2) is 4.87. The first kappa shape index (κ1) is 13.6.